The Balaban J connectivity index is 1.89. The van der Waals surface area contributed by atoms with Gasteiger partial charge in [0.05, 0.1) is 10.5 Å². The Bertz CT molecular complexity index is 1170. The summed E-state index contributed by atoms with van der Waals surface area (Å²) in [4.78, 5) is 35.1. The number of phenols is 1. The molecule has 0 aliphatic rings. The number of hydrogen-bond acceptors (Lipinski definition) is 7. The molecule has 0 amide bonds. The number of aromatic hydroxyl groups is 1. The van der Waals surface area contributed by atoms with Crippen LogP contribution in [-0.2, 0) is 16.8 Å². The molecule has 2 aromatic carbocycles. The number of nitrogens with zero attached hydrogens (tertiary/aromatic N) is 1. The maximum absolute atomic E-state index is 12.4. The van der Waals surface area contributed by atoms with E-state index in [1.807, 2.05) is 20.8 Å². The second-order valence-electron chi connectivity index (χ2n) is 7.59. The number of nitro groups is 1. The zero-order chi connectivity index (χ0) is 21.3. The molecule has 1 N–H and O–H groups in total. The summed E-state index contributed by atoms with van der Waals surface area (Å²) in [6.45, 7) is 5.30. The summed E-state index contributed by atoms with van der Waals surface area (Å²) in [6, 6.07) is 9.66. The van der Waals surface area contributed by atoms with Gasteiger partial charge in [0.25, 0.3) is 5.69 Å². The van der Waals surface area contributed by atoms with E-state index < -0.39 is 21.9 Å². The van der Waals surface area contributed by atoms with E-state index in [1.165, 1.54) is 30.3 Å². The van der Waals surface area contributed by atoms with Gasteiger partial charge in [0.15, 0.2) is 0 Å². The standard InChI is InChI=1S/C21H19NO7/c1-21(2,3)16-7-4-12(8-17(16)22(26)27)20(25)28-11-13-9-19(24)29-18-10-14(23)5-6-15(13)18/h4-10,23H,11H2,1-3H3. The first-order chi connectivity index (χ1) is 13.6. The predicted octanol–water partition coefficient (Wildman–Crippen LogP) is 4.06. The molecule has 29 heavy (non-hydrogen) atoms. The van der Waals surface area contributed by atoms with Crippen LogP contribution >= 0.6 is 0 Å². The molecular formula is C21H19NO7. The van der Waals surface area contributed by atoms with Crippen LogP contribution < -0.4 is 5.63 Å². The van der Waals surface area contributed by atoms with Crippen molar-refractivity contribution in [2.75, 3.05) is 0 Å². The molecule has 0 spiro atoms. The molecule has 0 aliphatic heterocycles. The fourth-order valence-corrected chi connectivity index (χ4v) is 3.01. The number of nitro benzene ring substituents is 1. The SMILES string of the molecule is CC(C)(C)c1ccc(C(=O)OCc2cc(=O)oc3cc(O)ccc23)cc1[N+](=O)[O-]. The van der Waals surface area contributed by atoms with E-state index in [9.17, 15) is 24.8 Å². The predicted molar refractivity (Wildman–Crippen MR) is 105 cm³/mol. The van der Waals surface area contributed by atoms with Crippen molar-refractivity contribution in [2.24, 2.45) is 0 Å². The molecule has 8 nitrogen and oxygen atoms in total. The molecule has 0 atom stereocenters. The van der Waals surface area contributed by atoms with Crippen molar-refractivity contribution in [3.8, 4) is 5.75 Å². The zero-order valence-electron chi connectivity index (χ0n) is 16.1. The van der Waals surface area contributed by atoms with Crippen LogP contribution in [0.2, 0.25) is 0 Å². The lowest BCUT2D eigenvalue weighted by molar-refractivity contribution is -0.386. The zero-order valence-corrected chi connectivity index (χ0v) is 16.1. The molecule has 0 radical (unpaired) electrons. The Labute approximate surface area is 165 Å². The normalized spacial score (nSPS) is 11.4. The smallest absolute Gasteiger partial charge is 0.338 e. The molecule has 1 aromatic heterocycles. The third-order valence-electron chi connectivity index (χ3n) is 4.41. The molecule has 1 heterocycles. The molecular weight excluding hydrogens is 378 g/mol. The number of hydrogen-bond donors (Lipinski definition) is 1. The number of benzene rings is 2. The van der Waals surface area contributed by atoms with Crippen LogP contribution in [-0.4, -0.2) is 16.0 Å². The van der Waals surface area contributed by atoms with Crippen molar-refractivity contribution < 1.29 is 24.0 Å². The molecule has 0 saturated heterocycles. The van der Waals surface area contributed by atoms with Gasteiger partial charge in [0.2, 0.25) is 0 Å². The molecule has 0 unspecified atom stereocenters. The molecule has 0 aliphatic carbocycles. The number of carbonyl (C=O) groups excluding carboxylic acids is 1. The third kappa shape index (κ3) is 4.26. The topological polar surface area (TPSA) is 120 Å². The van der Waals surface area contributed by atoms with Gasteiger partial charge in [0.1, 0.15) is 17.9 Å². The second-order valence-corrected chi connectivity index (χ2v) is 7.59. The van der Waals surface area contributed by atoms with E-state index in [0.29, 0.717) is 16.5 Å². The first-order valence-corrected chi connectivity index (χ1v) is 8.78. The Morgan fingerprint density at radius 2 is 1.90 bits per heavy atom. The maximum atomic E-state index is 12.4. The lowest BCUT2D eigenvalue weighted by Crippen LogP contribution is -2.15. The summed E-state index contributed by atoms with van der Waals surface area (Å²) in [5, 5.41) is 21.5. The molecule has 150 valence electrons. The Morgan fingerprint density at radius 1 is 1.17 bits per heavy atom. The Hall–Kier alpha value is -3.68. The average Bonchev–Trinajstić information content (AvgIpc) is 2.64. The van der Waals surface area contributed by atoms with E-state index in [4.69, 9.17) is 9.15 Å². The highest BCUT2D eigenvalue weighted by molar-refractivity contribution is 5.90. The number of esters is 1. The van der Waals surface area contributed by atoms with Crippen molar-refractivity contribution in [3.05, 3.63) is 79.7 Å². The quantitative estimate of drug-likeness (QED) is 0.305. The van der Waals surface area contributed by atoms with E-state index in [0.717, 1.165) is 0 Å². The van der Waals surface area contributed by atoms with E-state index >= 15 is 0 Å². The monoisotopic (exact) mass is 397 g/mol. The van der Waals surface area contributed by atoms with Crippen molar-refractivity contribution in [3.63, 3.8) is 0 Å². The summed E-state index contributed by atoms with van der Waals surface area (Å²) in [5.74, 6) is -0.824. The van der Waals surface area contributed by atoms with Crippen molar-refractivity contribution in [1.29, 1.82) is 0 Å². The highest BCUT2D eigenvalue weighted by Gasteiger charge is 2.26. The number of rotatable bonds is 4. The number of fused-ring (bicyclic) bond motifs is 1. The Morgan fingerprint density at radius 3 is 2.55 bits per heavy atom. The fourth-order valence-electron chi connectivity index (χ4n) is 3.01. The summed E-state index contributed by atoms with van der Waals surface area (Å²) in [6.07, 6.45) is 0. The minimum Gasteiger partial charge on any atom is -0.508 e. The van der Waals surface area contributed by atoms with Gasteiger partial charge in [-0.2, -0.15) is 0 Å². The van der Waals surface area contributed by atoms with E-state index in [2.05, 4.69) is 0 Å². The summed E-state index contributed by atoms with van der Waals surface area (Å²) >= 11 is 0. The van der Waals surface area contributed by atoms with Crippen LogP contribution in [0.3, 0.4) is 0 Å². The van der Waals surface area contributed by atoms with Crippen molar-refractivity contribution in [1.82, 2.24) is 0 Å². The van der Waals surface area contributed by atoms with Gasteiger partial charge in [-0.15, -0.1) is 0 Å². The minimum atomic E-state index is -0.756. The summed E-state index contributed by atoms with van der Waals surface area (Å²) < 4.78 is 10.3. The Kier molecular flexibility index (Phi) is 5.11. The first-order valence-electron chi connectivity index (χ1n) is 8.78. The maximum Gasteiger partial charge on any atom is 0.338 e. The highest BCUT2D eigenvalue weighted by atomic mass is 16.6. The molecule has 3 aromatic rings. The van der Waals surface area contributed by atoms with Crippen LogP contribution in [0.5, 0.6) is 5.75 Å². The lowest BCUT2D eigenvalue weighted by atomic mass is 9.85. The van der Waals surface area contributed by atoms with Crippen LogP contribution in [0.4, 0.5) is 5.69 Å². The van der Waals surface area contributed by atoms with Gasteiger partial charge >= 0.3 is 11.6 Å². The summed E-state index contributed by atoms with van der Waals surface area (Å²) in [5.41, 5.74) is -0.181. The largest absolute Gasteiger partial charge is 0.508 e. The first kappa shape index (κ1) is 20.1. The second kappa shape index (κ2) is 7.38. The third-order valence-corrected chi connectivity index (χ3v) is 4.41. The van der Waals surface area contributed by atoms with Gasteiger partial charge < -0.3 is 14.3 Å². The van der Waals surface area contributed by atoms with Gasteiger partial charge in [-0.3, -0.25) is 10.1 Å². The van der Waals surface area contributed by atoms with Gasteiger partial charge in [-0.25, -0.2) is 9.59 Å². The minimum absolute atomic E-state index is 0.0367. The number of phenolic OH excluding ortho intramolecular Hbond substituents is 1. The van der Waals surface area contributed by atoms with Gasteiger partial charge in [-0.05, 0) is 23.6 Å². The van der Waals surface area contributed by atoms with Crippen LogP contribution in [0.15, 0.2) is 51.7 Å². The summed E-state index contributed by atoms with van der Waals surface area (Å²) in [7, 11) is 0. The molecule has 8 heteroatoms. The van der Waals surface area contributed by atoms with Crippen molar-refractivity contribution in [2.45, 2.75) is 32.8 Å². The molecule has 0 fully saturated rings. The van der Waals surface area contributed by atoms with Crippen LogP contribution in [0, 0.1) is 10.1 Å². The number of ether oxygens (including phenoxy) is 1. The van der Waals surface area contributed by atoms with E-state index in [-0.39, 0.29) is 29.2 Å². The average molecular weight is 397 g/mol. The van der Waals surface area contributed by atoms with Crippen LogP contribution in [0.25, 0.3) is 11.0 Å². The van der Waals surface area contributed by atoms with Gasteiger partial charge in [-0.1, -0.05) is 26.8 Å². The molecule has 3 rings (SSSR count). The van der Waals surface area contributed by atoms with E-state index in [1.54, 1.807) is 12.1 Å². The molecule has 0 bridgehead atoms. The van der Waals surface area contributed by atoms with Gasteiger partial charge in [0, 0.05) is 34.7 Å². The fraction of sp³-hybridized carbons (Fsp3) is 0.238. The molecule has 0 saturated carbocycles. The number of carbonyl (C=O) groups is 1. The lowest BCUT2D eigenvalue weighted by Gasteiger charge is -2.19. The highest BCUT2D eigenvalue weighted by Crippen LogP contribution is 2.32. The van der Waals surface area contributed by atoms with Crippen LogP contribution in [0.1, 0.15) is 42.3 Å². The van der Waals surface area contributed by atoms with Crippen molar-refractivity contribution >= 4 is 22.6 Å².